The van der Waals surface area contributed by atoms with E-state index in [9.17, 15) is 29.7 Å². The van der Waals surface area contributed by atoms with Gasteiger partial charge in [-0.25, -0.2) is 4.79 Å². The number of rotatable bonds is 34. The molecule has 5 N–H and O–H groups in total. The summed E-state index contributed by atoms with van der Waals surface area (Å²) in [6.45, 7) is 8.14. The van der Waals surface area contributed by atoms with Crippen LogP contribution in [0.2, 0.25) is 0 Å². The summed E-state index contributed by atoms with van der Waals surface area (Å²) in [6.07, 6.45) is 21.4. The van der Waals surface area contributed by atoms with Gasteiger partial charge in [-0.2, -0.15) is 0 Å². The van der Waals surface area contributed by atoms with E-state index in [1.807, 2.05) is 44.2 Å². The lowest BCUT2D eigenvalue weighted by molar-refractivity contribution is -0.231. The van der Waals surface area contributed by atoms with E-state index in [-0.39, 0.29) is 24.9 Å². The zero-order valence-corrected chi connectivity index (χ0v) is 37.6. The summed E-state index contributed by atoms with van der Waals surface area (Å²) in [6, 6.07) is 7.00. The lowest BCUT2D eigenvalue weighted by Gasteiger charge is -2.47. The van der Waals surface area contributed by atoms with Gasteiger partial charge in [-0.05, 0) is 30.7 Å². The number of aliphatic hydroxyl groups is 3. The number of hydrogen-bond acceptors (Lipinski definition) is 8. The highest BCUT2D eigenvalue weighted by Crippen LogP contribution is 2.26. The number of hydrogen-bond donors (Lipinski definition) is 5. The topological polar surface area (TPSA) is 158 Å². The maximum atomic E-state index is 14.1. The Kier molecular flexibility index (Phi) is 29.3. The van der Waals surface area contributed by atoms with Gasteiger partial charge in [0.05, 0.1) is 6.61 Å². The molecular formula is C48H85N3O8. The number of unbranched alkanes of at least 4 members (excludes halogenated alkanes) is 21. The van der Waals surface area contributed by atoms with Crippen molar-refractivity contribution < 1.29 is 39.2 Å². The van der Waals surface area contributed by atoms with Crippen LogP contribution in [0, 0.1) is 5.92 Å². The van der Waals surface area contributed by atoms with Crippen LogP contribution >= 0.6 is 0 Å². The van der Waals surface area contributed by atoms with Crippen LogP contribution in [0.15, 0.2) is 30.3 Å². The molecule has 3 amide bonds. The van der Waals surface area contributed by atoms with Gasteiger partial charge in [0.15, 0.2) is 6.23 Å². The fraction of sp³-hybridized carbons (Fsp3) is 0.812. The van der Waals surface area contributed by atoms with E-state index in [1.165, 1.54) is 96.3 Å². The number of nitrogens with one attached hydrogen (secondary N) is 2. The molecule has 0 unspecified atom stereocenters. The minimum atomic E-state index is -1.54. The summed E-state index contributed by atoms with van der Waals surface area (Å²) in [4.78, 5) is 42.6. The Bertz CT molecular complexity index is 1220. The monoisotopic (exact) mass is 832 g/mol. The van der Waals surface area contributed by atoms with Gasteiger partial charge in [0.1, 0.15) is 37.0 Å². The van der Waals surface area contributed by atoms with E-state index in [2.05, 4.69) is 24.5 Å². The molecule has 0 aliphatic carbocycles. The van der Waals surface area contributed by atoms with E-state index in [1.54, 1.807) is 4.90 Å². The number of aliphatic hydroxyl groups excluding tert-OH is 3. The third-order valence-electron chi connectivity index (χ3n) is 11.6. The first-order valence-electron chi connectivity index (χ1n) is 23.8. The third-order valence-corrected chi connectivity index (χ3v) is 11.6. The second-order valence-electron chi connectivity index (χ2n) is 17.4. The van der Waals surface area contributed by atoms with Gasteiger partial charge in [0, 0.05) is 13.0 Å². The van der Waals surface area contributed by atoms with Crippen molar-refractivity contribution in [1.29, 1.82) is 0 Å². The van der Waals surface area contributed by atoms with Gasteiger partial charge in [0.25, 0.3) is 0 Å². The predicted octanol–water partition coefficient (Wildman–Crippen LogP) is 9.48. The number of nitrogens with zero attached hydrogens (tertiary/aromatic N) is 1. The molecule has 0 saturated carbocycles. The van der Waals surface area contributed by atoms with Crippen molar-refractivity contribution in [3.8, 4) is 0 Å². The highest BCUT2D eigenvalue weighted by Gasteiger charge is 2.48. The molecule has 1 aromatic rings. The SMILES string of the molecule is CCCCCCCCCCCCCCCCN(C(=O)CCCCCCCCCCC)[C@@H]1O[C@H](CO)[C@@H](O)[C@H](O)[C@H]1NC(=O)[C@H](CC(C)C)NC(=O)OCc1ccccc1. The smallest absolute Gasteiger partial charge is 0.408 e. The van der Waals surface area contributed by atoms with E-state index in [0.717, 1.165) is 50.5 Å². The fourth-order valence-electron chi connectivity index (χ4n) is 8.00. The van der Waals surface area contributed by atoms with Crippen LogP contribution in [-0.2, 0) is 25.7 Å². The molecule has 340 valence electrons. The standard InChI is InChI=1S/C48H85N3O8/c1-5-7-9-11-13-15-16-17-18-19-21-23-25-30-34-51(42(53)33-29-24-22-20-14-12-10-8-6-2)47-43(45(55)44(54)41(36-52)59-47)50-46(56)40(35-38(3)4)49-48(57)58-37-39-31-27-26-28-32-39/h26-28,31-32,38,40-41,43-45,47,52,54-55H,5-25,29-30,33-37H2,1-4H3,(H,49,57)(H,50,56)/t40-,41+,43+,44+,45+,47+/m0/s1. The molecule has 1 heterocycles. The maximum absolute atomic E-state index is 14.1. The van der Waals surface area contributed by atoms with Crippen LogP contribution in [0.3, 0.4) is 0 Å². The van der Waals surface area contributed by atoms with Gasteiger partial charge in [-0.3, -0.25) is 9.59 Å². The fourth-order valence-corrected chi connectivity index (χ4v) is 8.00. The van der Waals surface area contributed by atoms with Crippen molar-refractivity contribution in [1.82, 2.24) is 15.5 Å². The van der Waals surface area contributed by atoms with Crippen LogP contribution in [-0.4, -0.2) is 87.9 Å². The average molecular weight is 832 g/mol. The number of alkyl carbamates (subject to hydrolysis) is 1. The lowest BCUT2D eigenvalue weighted by atomic mass is 9.94. The van der Waals surface area contributed by atoms with Crippen molar-refractivity contribution in [3.63, 3.8) is 0 Å². The molecule has 11 heteroatoms. The van der Waals surface area contributed by atoms with Gasteiger partial charge in [-0.15, -0.1) is 0 Å². The van der Waals surface area contributed by atoms with E-state index in [4.69, 9.17) is 9.47 Å². The minimum absolute atomic E-state index is 0.0163. The summed E-state index contributed by atoms with van der Waals surface area (Å²) < 4.78 is 11.6. The summed E-state index contributed by atoms with van der Waals surface area (Å²) in [5, 5.41) is 38.2. The van der Waals surface area contributed by atoms with Gasteiger partial charge >= 0.3 is 6.09 Å². The number of carbonyl (C=O) groups excluding carboxylic acids is 3. The van der Waals surface area contributed by atoms with Crippen molar-refractivity contribution >= 4 is 17.9 Å². The van der Waals surface area contributed by atoms with Crippen molar-refractivity contribution in [2.75, 3.05) is 13.2 Å². The van der Waals surface area contributed by atoms with Crippen molar-refractivity contribution in [3.05, 3.63) is 35.9 Å². The predicted molar refractivity (Wildman–Crippen MR) is 237 cm³/mol. The molecule has 59 heavy (non-hydrogen) atoms. The first-order valence-corrected chi connectivity index (χ1v) is 23.8. The summed E-state index contributed by atoms with van der Waals surface area (Å²) in [7, 11) is 0. The lowest BCUT2D eigenvalue weighted by Crippen LogP contribution is -2.70. The first kappa shape index (κ1) is 52.4. The van der Waals surface area contributed by atoms with E-state index >= 15 is 0 Å². The quantitative estimate of drug-likeness (QED) is 0.0430. The zero-order valence-electron chi connectivity index (χ0n) is 37.6. The van der Waals surface area contributed by atoms with E-state index in [0.29, 0.717) is 19.4 Å². The van der Waals surface area contributed by atoms with Gasteiger partial charge in [0.2, 0.25) is 11.8 Å². The maximum Gasteiger partial charge on any atom is 0.408 e. The zero-order chi connectivity index (χ0) is 43.1. The molecule has 1 fully saturated rings. The molecule has 0 spiro atoms. The van der Waals surface area contributed by atoms with Crippen LogP contribution in [0.5, 0.6) is 0 Å². The second-order valence-corrected chi connectivity index (χ2v) is 17.4. The molecule has 2 rings (SSSR count). The molecule has 1 aliphatic rings. The summed E-state index contributed by atoms with van der Waals surface area (Å²) >= 11 is 0. The van der Waals surface area contributed by atoms with Crippen LogP contribution in [0.4, 0.5) is 4.79 Å². The largest absolute Gasteiger partial charge is 0.445 e. The number of benzene rings is 1. The number of ether oxygens (including phenoxy) is 2. The van der Waals surface area contributed by atoms with Crippen LogP contribution in [0.25, 0.3) is 0 Å². The Morgan fingerprint density at radius 2 is 1.20 bits per heavy atom. The highest BCUT2D eigenvalue weighted by molar-refractivity contribution is 5.86. The minimum Gasteiger partial charge on any atom is -0.445 e. The molecule has 0 radical (unpaired) electrons. The molecule has 6 atom stereocenters. The summed E-state index contributed by atoms with van der Waals surface area (Å²) in [5.41, 5.74) is 0.802. The number of carbonyl (C=O) groups is 3. The Hall–Kier alpha value is -2.73. The van der Waals surface area contributed by atoms with Gasteiger partial charge in [-0.1, -0.05) is 193 Å². The molecule has 11 nitrogen and oxygen atoms in total. The van der Waals surface area contributed by atoms with E-state index < -0.39 is 55.2 Å². The summed E-state index contributed by atoms with van der Waals surface area (Å²) in [5.74, 6) is -0.721. The molecule has 1 saturated heterocycles. The molecular weight excluding hydrogens is 747 g/mol. The highest BCUT2D eigenvalue weighted by atomic mass is 16.6. The Balaban J connectivity index is 2.10. The Morgan fingerprint density at radius 1 is 0.712 bits per heavy atom. The van der Waals surface area contributed by atoms with Gasteiger partial charge < -0.3 is 40.3 Å². The Morgan fingerprint density at radius 3 is 1.69 bits per heavy atom. The molecule has 1 aromatic carbocycles. The third kappa shape index (κ3) is 22.6. The first-order chi connectivity index (χ1) is 28.6. The normalized spacial score (nSPS) is 19.7. The number of amides is 3. The van der Waals surface area contributed by atoms with Crippen molar-refractivity contribution in [2.45, 2.75) is 231 Å². The van der Waals surface area contributed by atoms with Crippen LogP contribution in [0.1, 0.15) is 194 Å². The molecule has 0 bridgehead atoms. The van der Waals surface area contributed by atoms with Crippen molar-refractivity contribution in [2.24, 2.45) is 5.92 Å². The Labute approximate surface area is 358 Å². The molecule has 1 aliphatic heterocycles. The second kappa shape index (κ2) is 33.0. The molecule has 0 aromatic heterocycles. The average Bonchev–Trinajstić information content (AvgIpc) is 3.22. The van der Waals surface area contributed by atoms with Crippen LogP contribution < -0.4 is 10.6 Å².